The van der Waals surface area contributed by atoms with Gasteiger partial charge in [0, 0.05) is 23.7 Å². The largest absolute Gasteiger partial charge is 0.387 e. The van der Waals surface area contributed by atoms with Gasteiger partial charge >= 0.3 is 0 Å². The van der Waals surface area contributed by atoms with E-state index in [9.17, 15) is 0 Å². The minimum Gasteiger partial charge on any atom is -0.387 e. The molecule has 0 aromatic carbocycles. The van der Waals surface area contributed by atoms with E-state index in [1.54, 1.807) is 12.5 Å². The lowest BCUT2D eigenvalue weighted by molar-refractivity contribution is 0.708. The molecule has 5 nitrogen and oxygen atoms in total. The van der Waals surface area contributed by atoms with Gasteiger partial charge in [-0.25, -0.2) is 15.0 Å². The summed E-state index contributed by atoms with van der Waals surface area (Å²) in [7, 11) is 0. The third-order valence-electron chi connectivity index (χ3n) is 3.44. The molecule has 1 aliphatic rings. The highest BCUT2D eigenvalue weighted by Gasteiger charge is 2.18. The lowest BCUT2D eigenvalue weighted by Crippen LogP contribution is -2.18. The first-order valence-corrected chi connectivity index (χ1v) is 6.84. The second-order valence-corrected chi connectivity index (χ2v) is 5.11. The summed E-state index contributed by atoms with van der Waals surface area (Å²) in [6, 6.07) is 0. The summed E-state index contributed by atoms with van der Waals surface area (Å²) in [5.41, 5.74) is 8.06. The predicted octanol–water partition coefficient (Wildman–Crippen LogP) is 1.57. The molecule has 0 fully saturated rings. The molecule has 3 rings (SSSR count). The Bertz CT molecular complexity index is 619. The zero-order valence-corrected chi connectivity index (χ0v) is 11.4. The van der Waals surface area contributed by atoms with Crippen molar-refractivity contribution in [1.29, 1.82) is 0 Å². The summed E-state index contributed by atoms with van der Waals surface area (Å²) in [5, 5.41) is 0. The number of hydrogen-bond acceptors (Lipinski definition) is 4. The average molecular weight is 273 g/mol. The molecule has 0 radical (unpaired) electrons. The molecule has 2 heterocycles. The van der Waals surface area contributed by atoms with Crippen LogP contribution < -0.4 is 5.73 Å². The number of imidazole rings is 1. The van der Waals surface area contributed by atoms with Gasteiger partial charge in [-0.1, -0.05) is 18.6 Å². The predicted molar refractivity (Wildman–Crippen MR) is 76.3 cm³/mol. The Morgan fingerprint density at radius 1 is 1.16 bits per heavy atom. The Morgan fingerprint density at radius 2 is 2.00 bits per heavy atom. The molecule has 0 aliphatic heterocycles. The van der Waals surface area contributed by atoms with Gasteiger partial charge in [0.15, 0.2) is 5.82 Å². The van der Waals surface area contributed by atoms with Crippen LogP contribution >= 0.6 is 12.2 Å². The fourth-order valence-corrected chi connectivity index (χ4v) is 2.70. The van der Waals surface area contributed by atoms with E-state index in [0.29, 0.717) is 5.82 Å². The molecule has 98 valence electrons. The Balaban J connectivity index is 2.15. The molecular weight excluding hydrogens is 258 g/mol. The quantitative estimate of drug-likeness (QED) is 0.664. The van der Waals surface area contributed by atoms with Crippen molar-refractivity contribution < 1.29 is 0 Å². The average Bonchev–Trinajstić information content (AvgIpc) is 2.76. The molecule has 19 heavy (non-hydrogen) atoms. The highest BCUT2D eigenvalue weighted by molar-refractivity contribution is 7.80. The maximum Gasteiger partial charge on any atom is 0.173 e. The summed E-state index contributed by atoms with van der Waals surface area (Å²) in [4.78, 5) is 13.3. The number of aromatic nitrogens is 4. The number of nitrogens with two attached hydrogens (primary N) is 1. The van der Waals surface area contributed by atoms with Crippen LogP contribution in [-0.4, -0.2) is 24.5 Å². The van der Waals surface area contributed by atoms with E-state index in [4.69, 9.17) is 18.0 Å². The summed E-state index contributed by atoms with van der Waals surface area (Å²) in [5.74, 6) is 1.45. The van der Waals surface area contributed by atoms with Gasteiger partial charge < -0.3 is 5.73 Å². The molecule has 0 unspecified atom stereocenters. The Morgan fingerprint density at radius 3 is 2.84 bits per heavy atom. The van der Waals surface area contributed by atoms with Crippen LogP contribution in [0.15, 0.2) is 18.7 Å². The highest BCUT2D eigenvalue weighted by atomic mass is 32.1. The van der Waals surface area contributed by atoms with Crippen molar-refractivity contribution in [2.24, 2.45) is 5.73 Å². The number of thiocarbonyl (C=S) groups is 1. The maximum atomic E-state index is 5.71. The van der Waals surface area contributed by atoms with Gasteiger partial charge in [-0.15, -0.1) is 0 Å². The normalized spacial score (nSPS) is 14.7. The van der Waals surface area contributed by atoms with E-state index in [1.807, 2.05) is 10.8 Å². The van der Waals surface area contributed by atoms with E-state index < -0.39 is 0 Å². The third-order valence-corrected chi connectivity index (χ3v) is 3.62. The van der Waals surface area contributed by atoms with E-state index in [-0.39, 0.29) is 4.99 Å². The van der Waals surface area contributed by atoms with Crippen molar-refractivity contribution in [1.82, 2.24) is 19.5 Å². The Labute approximate surface area is 116 Å². The Kier molecular flexibility index (Phi) is 3.25. The number of aryl methyl sites for hydroxylation is 1. The summed E-state index contributed by atoms with van der Waals surface area (Å²) in [6.07, 6.45) is 10.8. The molecule has 2 aromatic heterocycles. The van der Waals surface area contributed by atoms with Gasteiger partial charge in [-0.3, -0.25) is 4.57 Å². The smallest absolute Gasteiger partial charge is 0.173 e. The first-order valence-electron chi connectivity index (χ1n) is 6.43. The summed E-state index contributed by atoms with van der Waals surface area (Å²) < 4.78 is 1.87. The van der Waals surface area contributed by atoms with Crippen LogP contribution in [0, 0.1) is 0 Å². The van der Waals surface area contributed by atoms with Gasteiger partial charge in [0.1, 0.15) is 17.1 Å². The molecule has 0 saturated heterocycles. The molecule has 0 bridgehead atoms. The lowest BCUT2D eigenvalue weighted by atomic mass is 10.1. The van der Waals surface area contributed by atoms with E-state index >= 15 is 0 Å². The van der Waals surface area contributed by atoms with Crippen molar-refractivity contribution in [3.8, 4) is 5.82 Å². The second kappa shape index (κ2) is 5.05. The topological polar surface area (TPSA) is 69.6 Å². The van der Waals surface area contributed by atoms with Crippen LogP contribution in [0.2, 0.25) is 0 Å². The third kappa shape index (κ3) is 2.23. The molecule has 0 spiro atoms. The summed E-state index contributed by atoms with van der Waals surface area (Å²) in [6.45, 7) is 0. The van der Waals surface area contributed by atoms with Crippen molar-refractivity contribution >= 4 is 17.2 Å². The maximum absolute atomic E-state index is 5.71. The van der Waals surface area contributed by atoms with Crippen LogP contribution in [0.1, 0.15) is 36.3 Å². The van der Waals surface area contributed by atoms with Gasteiger partial charge in [0.2, 0.25) is 0 Å². The van der Waals surface area contributed by atoms with Gasteiger partial charge in [0.25, 0.3) is 0 Å². The van der Waals surface area contributed by atoms with Gasteiger partial charge in [-0.2, -0.15) is 0 Å². The number of hydrogen-bond donors (Lipinski definition) is 1. The van der Waals surface area contributed by atoms with Crippen molar-refractivity contribution in [3.05, 3.63) is 35.8 Å². The van der Waals surface area contributed by atoms with Crippen molar-refractivity contribution in [3.63, 3.8) is 0 Å². The van der Waals surface area contributed by atoms with E-state index in [0.717, 1.165) is 24.4 Å². The zero-order chi connectivity index (χ0) is 13.2. The van der Waals surface area contributed by atoms with E-state index in [1.165, 1.54) is 24.8 Å². The fraction of sp³-hybridized carbons (Fsp3) is 0.385. The molecule has 2 aromatic rings. The molecule has 0 amide bonds. The zero-order valence-electron chi connectivity index (χ0n) is 10.5. The van der Waals surface area contributed by atoms with Crippen LogP contribution in [-0.2, 0) is 12.8 Å². The standard InChI is InChI=1S/C13H15N5S/c14-11(19)13-15-6-7-18(13)12-9-4-2-1-3-5-10(9)16-8-17-12/h6-8H,1-5H2,(H2,14,19). The van der Waals surface area contributed by atoms with Crippen LogP contribution in [0.3, 0.4) is 0 Å². The van der Waals surface area contributed by atoms with Gasteiger partial charge in [0.05, 0.1) is 0 Å². The monoisotopic (exact) mass is 273 g/mol. The number of rotatable bonds is 2. The van der Waals surface area contributed by atoms with E-state index in [2.05, 4.69) is 15.0 Å². The molecule has 0 atom stereocenters. The van der Waals surface area contributed by atoms with Crippen LogP contribution in [0.4, 0.5) is 0 Å². The summed E-state index contributed by atoms with van der Waals surface area (Å²) >= 11 is 5.04. The van der Waals surface area contributed by atoms with Crippen molar-refractivity contribution in [2.45, 2.75) is 32.1 Å². The van der Waals surface area contributed by atoms with Gasteiger partial charge in [-0.05, 0) is 25.7 Å². The molecule has 0 saturated carbocycles. The Hall–Kier alpha value is -1.82. The SMILES string of the molecule is NC(=S)c1nccn1-c1ncnc2c1CCCCC2. The minimum atomic E-state index is 0.283. The fourth-order valence-electron chi connectivity index (χ4n) is 2.54. The van der Waals surface area contributed by atoms with Crippen LogP contribution in [0.25, 0.3) is 5.82 Å². The molecule has 1 aliphatic carbocycles. The second-order valence-electron chi connectivity index (χ2n) is 4.67. The molecule has 2 N–H and O–H groups in total. The highest BCUT2D eigenvalue weighted by Crippen LogP contribution is 2.23. The first-order chi connectivity index (χ1) is 9.27. The van der Waals surface area contributed by atoms with Crippen molar-refractivity contribution in [2.75, 3.05) is 0 Å². The number of fused-ring (bicyclic) bond motifs is 1. The molecular formula is C13H15N5S. The minimum absolute atomic E-state index is 0.283. The molecule has 6 heteroatoms. The van der Waals surface area contributed by atoms with Crippen LogP contribution in [0.5, 0.6) is 0 Å². The lowest BCUT2D eigenvalue weighted by Gasteiger charge is -2.12. The first kappa shape index (κ1) is 12.2. The number of nitrogens with zero attached hydrogens (tertiary/aromatic N) is 4.